The molecule has 2 heterocycles. The first-order valence-electron chi connectivity index (χ1n) is 9.35. The molecule has 4 rings (SSSR count). The molecule has 25 heavy (non-hydrogen) atoms. The molecule has 132 valence electrons. The van der Waals surface area contributed by atoms with Crippen LogP contribution in [0.5, 0.6) is 0 Å². The summed E-state index contributed by atoms with van der Waals surface area (Å²) in [4.78, 5) is 19.6. The van der Waals surface area contributed by atoms with Crippen molar-refractivity contribution in [1.29, 1.82) is 0 Å². The molecule has 1 amide bonds. The number of rotatable bonds is 5. The molecule has 1 saturated heterocycles. The predicted octanol–water partition coefficient (Wildman–Crippen LogP) is 3.81. The minimum atomic E-state index is -0.442. The summed E-state index contributed by atoms with van der Waals surface area (Å²) in [5, 5.41) is 4.24. The van der Waals surface area contributed by atoms with E-state index in [1.54, 1.807) is 0 Å². The number of likely N-dealkylation sites (tertiary alicyclic amines) is 1. The van der Waals surface area contributed by atoms with Gasteiger partial charge in [0.1, 0.15) is 5.54 Å². The molecule has 1 atom stereocenters. The highest BCUT2D eigenvalue weighted by molar-refractivity contribution is 5.77. The smallest absolute Gasteiger partial charge is 0.229 e. The fourth-order valence-electron chi connectivity index (χ4n) is 3.73. The van der Waals surface area contributed by atoms with Crippen LogP contribution in [0.1, 0.15) is 68.6 Å². The average molecular weight is 339 g/mol. The average Bonchev–Trinajstić information content (AvgIpc) is 3.37. The number of nitrogens with zero attached hydrogens (tertiary/aromatic N) is 3. The molecule has 2 aliphatic rings. The lowest BCUT2D eigenvalue weighted by Gasteiger charge is -2.42. The fraction of sp³-hybridized carbons (Fsp3) is 0.550. The summed E-state index contributed by atoms with van der Waals surface area (Å²) < 4.78 is 5.47. The molecule has 0 radical (unpaired) electrons. The van der Waals surface area contributed by atoms with Gasteiger partial charge in [-0.2, -0.15) is 4.98 Å². The van der Waals surface area contributed by atoms with Gasteiger partial charge in [-0.05, 0) is 51.0 Å². The molecule has 2 fully saturated rings. The number of piperidine rings is 1. The first-order chi connectivity index (χ1) is 12.2. The first kappa shape index (κ1) is 16.3. The van der Waals surface area contributed by atoms with Crippen molar-refractivity contribution in [3.63, 3.8) is 0 Å². The van der Waals surface area contributed by atoms with Crippen LogP contribution in [-0.4, -0.2) is 27.5 Å². The lowest BCUT2D eigenvalue weighted by Crippen LogP contribution is -2.51. The van der Waals surface area contributed by atoms with Crippen LogP contribution in [0.3, 0.4) is 0 Å². The normalized spacial score (nSPS) is 23.6. The second-order valence-corrected chi connectivity index (χ2v) is 7.49. The molecule has 0 spiro atoms. The summed E-state index contributed by atoms with van der Waals surface area (Å²) in [7, 11) is 0. The van der Waals surface area contributed by atoms with E-state index in [4.69, 9.17) is 4.52 Å². The molecule has 1 saturated carbocycles. The zero-order valence-corrected chi connectivity index (χ0v) is 14.8. The molecule has 1 aromatic heterocycles. The maximum Gasteiger partial charge on any atom is 0.229 e. The molecular formula is C20H25N3O2. The van der Waals surface area contributed by atoms with Crippen LogP contribution in [0.4, 0.5) is 0 Å². The van der Waals surface area contributed by atoms with E-state index in [-0.39, 0.29) is 5.91 Å². The van der Waals surface area contributed by atoms with E-state index in [0.29, 0.717) is 18.2 Å². The number of aryl methyl sites for hydroxylation is 1. The molecular weight excluding hydrogens is 314 g/mol. The van der Waals surface area contributed by atoms with Crippen LogP contribution in [0.15, 0.2) is 34.9 Å². The summed E-state index contributed by atoms with van der Waals surface area (Å²) in [6.07, 6.45) is 6.59. The van der Waals surface area contributed by atoms with Crippen LogP contribution in [-0.2, 0) is 16.8 Å². The highest BCUT2D eigenvalue weighted by Crippen LogP contribution is 2.41. The summed E-state index contributed by atoms with van der Waals surface area (Å²) in [6.45, 7) is 2.87. The van der Waals surface area contributed by atoms with Crippen LogP contribution >= 0.6 is 0 Å². The van der Waals surface area contributed by atoms with E-state index in [0.717, 1.165) is 51.0 Å². The molecule has 1 aromatic carbocycles. The van der Waals surface area contributed by atoms with Crippen molar-refractivity contribution < 1.29 is 9.32 Å². The van der Waals surface area contributed by atoms with Crippen molar-refractivity contribution in [2.75, 3.05) is 6.54 Å². The van der Waals surface area contributed by atoms with E-state index in [1.165, 1.54) is 5.56 Å². The standard InChI is InChI=1S/C20H25N3O2/c1-20(19-21-18(25-22-19)16-10-11-16)13-5-6-14-23(20)17(24)12-9-15-7-3-2-4-8-15/h2-4,7-8,16H,5-6,9-14H2,1H3. The van der Waals surface area contributed by atoms with Crippen molar-refractivity contribution in [3.05, 3.63) is 47.6 Å². The summed E-state index contributed by atoms with van der Waals surface area (Å²) >= 11 is 0. The quantitative estimate of drug-likeness (QED) is 0.831. The van der Waals surface area contributed by atoms with Gasteiger partial charge in [-0.25, -0.2) is 0 Å². The highest BCUT2D eigenvalue weighted by atomic mass is 16.5. The Bertz CT molecular complexity index is 738. The van der Waals surface area contributed by atoms with Gasteiger partial charge in [0, 0.05) is 18.9 Å². The third-order valence-corrected chi connectivity index (χ3v) is 5.51. The SMILES string of the molecule is CC1(c2noc(C3CC3)n2)CCCCN1C(=O)CCc1ccccc1. The van der Waals surface area contributed by atoms with E-state index in [1.807, 2.05) is 23.1 Å². The highest BCUT2D eigenvalue weighted by Gasteiger charge is 2.43. The zero-order valence-electron chi connectivity index (χ0n) is 14.8. The van der Waals surface area contributed by atoms with E-state index < -0.39 is 5.54 Å². The number of benzene rings is 1. The Kier molecular flexibility index (Phi) is 4.32. The summed E-state index contributed by atoms with van der Waals surface area (Å²) in [5.41, 5.74) is 0.757. The number of carbonyl (C=O) groups is 1. The Morgan fingerprint density at radius 3 is 2.84 bits per heavy atom. The lowest BCUT2D eigenvalue weighted by molar-refractivity contribution is -0.140. The van der Waals surface area contributed by atoms with Crippen molar-refractivity contribution in [1.82, 2.24) is 15.0 Å². The van der Waals surface area contributed by atoms with Crippen molar-refractivity contribution in [3.8, 4) is 0 Å². The Hall–Kier alpha value is -2.17. The van der Waals surface area contributed by atoms with Gasteiger partial charge in [0.2, 0.25) is 11.8 Å². The maximum absolute atomic E-state index is 13.0. The number of hydrogen-bond acceptors (Lipinski definition) is 4. The van der Waals surface area contributed by atoms with E-state index >= 15 is 0 Å². The Balaban J connectivity index is 1.50. The molecule has 1 unspecified atom stereocenters. The Morgan fingerprint density at radius 1 is 1.28 bits per heavy atom. The molecule has 5 nitrogen and oxygen atoms in total. The topological polar surface area (TPSA) is 59.2 Å². The second-order valence-electron chi connectivity index (χ2n) is 7.49. The van der Waals surface area contributed by atoms with Crippen molar-refractivity contribution >= 4 is 5.91 Å². The minimum absolute atomic E-state index is 0.184. The minimum Gasteiger partial charge on any atom is -0.339 e. The number of aromatic nitrogens is 2. The molecule has 1 aliphatic heterocycles. The molecule has 0 N–H and O–H groups in total. The van der Waals surface area contributed by atoms with E-state index in [2.05, 4.69) is 29.2 Å². The van der Waals surface area contributed by atoms with Gasteiger partial charge in [-0.1, -0.05) is 35.5 Å². The van der Waals surface area contributed by atoms with Gasteiger partial charge < -0.3 is 9.42 Å². The first-order valence-corrected chi connectivity index (χ1v) is 9.35. The van der Waals surface area contributed by atoms with Gasteiger partial charge in [-0.3, -0.25) is 4.79 Å². The van der Waals surface area contributed by atoms with Gasteiger partial charge in [0.05, 0.1) is 0 Å². The van der Waals surface area contributed by atoms with Crippen LogP contribution in [0.25, 0.3) is 0 Å². The third kappa shape index (κ3) is 3.32. The van der Waals surface area contributed by atoms with Crippen LogP contribution < -0.4 is 0 Å². The Morgan fingerprint density at radius 2 is 2.08 bits per heavy atom. The molecule has 5 heteroatoms. The summed E-state index contributed by atoms with van der Waals surface area (Å²) in [6, 6.07) is 10.2. The third-order valence-electron chi connectivity index (χ3n) is 5.51. The monoisotopic (exact) mass is 339 g/mol. The van der Waals surface area contributed by atoms with Crippen LogP contribution in [0.2, 0.25) is 0 Å². The van der Waals surface area contributed by atoms with Gasteiger partial charge >= 0.3 is 0 Å². The van der Waals surface area contributed by atoms with Gasteiger partial charge in [-0.15, -0.1) is 0 Å². The van der Waals surface area contributed by atoms with Crippen molar-refractivity contribution in [2.45, 2.75) is 63.3 Å². The molecule has 1 aliphatic carbocycles. The predicted molar refractivity (Wildman–Crippen MR) is 94.0 cm³/mol. The lowest BCUT2D eigenvalue weighted by atomic mass is 9.87. The van der Waals surface area contributed by atoms with Gasteiger partial charge in [0.25, 0.3) is 0 Å². The van der Waals surface area contributed by atoms with Gasteiger partial charge in [0.15, 0.2) is 5.82 Å². The van der Waals surface area contributed by atoms with E-state index in [9.17, 15) is 4.79 Å². The maximum atomic E-state index is 13.0. The van der Waals surface area contributed by atoms with Crippen LogP contribution in [0, 0.1) is 0 Å². The van der Waals surface area contributed by atoms with Crippen molar-refractivity contribution in [2.24, 2.45) is 0 Å². The number of amides is 1. The number of hydrogen-bond donors (Lipinski definition) is 0. The number of carbonyl (C=O) groups excluding carboxylic acids is 1. The second kappa shape index (κ2) is 6.62. The fourth-order valence-corrected chi connectivity index (χ4v) is 3.73. The molecule has 2 aromatic rings. The summed E-state index contributed by atoms with van der Waals surface area (Å²) in [5.74, 6) is 2.06. The molecule has 0 bridgehead atoms. The Labute approximate surface area is 148 Å². The largest absolute Gasteiger partial charge is 0.339 e. The zero-order chi connectivity index (χ0) is 17.3.